The van der Waals surface area contributed by atoms with E-state index in [0.717, 1.165) is 17.8 Å². The molecule has 1 aromatic carbocycles. The lowest BCUT2D eigenvalue weighted by Gasteiger charge is -2.31. The first kappa shape index (κ1) is 18.2. The van der Waals surface area contributed by atoms with Gasteiger partial charge in [0, 0.05) is 37.6 Å². The molecular formula is C20H26N4O2. The first-order valence-corrected chi connectivity index (χ1v) is 9.17. The van der Waals surface area contributed by atoms with E-state index in [-0.39, 0.29) is 17.7 Å². The van der Waals surface area contributed by atoms with Crippen molar-refractivity contribution in [2.24, 2.45) is 5.92 Å². The second-order valence-corrected chi connectivity index (χ2v) is 6.88. The number of aromatic nitrogens is 2. The summed E-state index contributed by atoms with van der Waals surface area (Å²) in [5, 5.41) is 3.01. The predicted molar refractivity (Wildman–Crippen MR) is 99.5 cm³/mol. The van der Waals surface area contributed by atoms with Gasteiger partial charge in [0.2, 0.25) is 5.91 Å². The van der Waals surface area contributed by atoms with E-state index in [1.807, 2.05) is 55.8 Å². The van der Waals surface area contributed by atoms with Gasteiger partial charge in [-0.1, -0.05) is 38.5 Å². The third-order valence-electron chi connectivity index (χ3n) is 5.21. The molecule has 2 amide bonds. The average molecular weight is 354 g/mol. The third kappa shape index (κ3) is 3.49. The van der Waals surface area contributed by atoms with Crippen molar-refractivity contribution < 1.29 is 9.59 Å². The van der Waals surface area contributed by atoms with Gasteiger partial charge in [0.05, 0.1) is 0 Å². The van der Waals surface area contributed by atoms with Crippen LogP contribution in [0, 0.1) is 12.8 Å². The van der Waals surface area contributed by atoms with Crippen LogP contribution in [0.25, 0.3) is 0 Å². The minimum Gasteiger partial charge on any atom is -0.353 e. The average Bonchev–Trinajstić information content (AvgIpc) is 3.19. The molecular weight excluding hydrogens is 328 g/mol. The second-order valence-electron chi connectivity index (χ2n) is 6.88. The standard InChI is InChI=1S/C20H26N4O2/c1-4-14(2)18(19(25)22-10-12-23-11-9-21-15(23)3)24-13-16-7-5-6-8-17(16)20(24)26/h5-9,11,14,18H,4,10,12-13H2,1-3H3,(H,22,25)/t14-,18+/m0/s1. The summed E-state index contributed by atoms with van der Waals surface area (Å²) in [6.45, 7) is 7.69. The molecule has 0 spiro atoms. The van der Waals surface area contributed by atoms with Gasteiger partial charge in [-0.25, -0.2) is 4.98 Å². The number of fused-ring (bicyclic) bond motifs is 1. The molecule has 3 rings (SSSR count). The molecule has 1 aromatic heterocycles. The molecule has 1 aliphatic heterocycles. The fraction of sp³-hybridized carbons (Fsp3) is 0.450. The molecule has 0 aliphatic carbocycles. The van der Waals surface area contributed by atoms with Gasteiger partial charge in [-0.3, -0.25) is 9.59 Å². The summed E-state index contributed by atoms with van der Waals surface area (Å²) in [4.78, 5) is 31.6. The molecule has 0 unspecified atom stereocenters. The van der Waals surface area contributed by atoms with E-state index < -0.39 is 6.04 Å². The maximum Gasteiger partial charge on any atom is 0.255 e. The molecule has 6 nitrogen and oxygen atoms in total. The largest absolute Gasteiger partial charge is 0.353 e. The lowest BCUT2D eigenvalue weighted by atomic mass is 9.96. The van der Waals surface area contributed by atoms with Crippen LogP contribution >= 0.6 is 0 Å². The minimum absolute atomic E-state index is 0.0495. The molecule has 26 heavy (non-hydrogen) atoms. The fourth-order valence-electron chi connectivity index (χ4n) is 3.48. The number of nitrogens with one attached hydrogen (secondary N) is 1. The van der Waals surface area contributed by atoms with E-state index in [4.69, 9.17) is 0 Å². The first-order valence-electron chi connectivity index (χ1n) is 9.17. The number of benzene rings is 1. The van der Waals surface area contributed by atoms with Gasteiger partial charge in [0.1, 0.15) is 11.9 Å². The lowest BCUT2D eigenvalue weighted by molar-refractivity contribution is -0.127. The van der Waals surface area contributed by atoms with Crippen LogP contribution in [-0.4, -0.2) is 38.9 Å². The Labute approximate surface area is 154 Å². The Kier molecular flexibility index (Phi) is 5.40. The van der Waals surface area contributed by atoms with Crippen molar-refractivity contribution in [3.8, 4) is 0 Å². The summed E-state index contributed by atoms with van der Waals surface area (Å²) in [6.07, 6.45) is 4.48. The number of imidazole rings is 1. The highest BCUT2D eigenvalue weighted by Gasteiger charge is 2.38. The van der Waals surface area contributed by atoms with E-state index in [0.29, 0.717) is 25.2 Å². The monoisotopic (exact) mass is 354 g/mol. The molecule has 2 atom stereocenters. The Balaban J connectivity index is 1.69. The molecule has 0 radical (unpaired) electrons. The molecule has 0 bridgehead atoms. The maximum atomic E-state index is 12.9. The first-order chi connectivity index (χ1) is 12.5. The predicted octanol–water partition coefficient (Wildman–Crippen LogP) is 2.38. The van der Waals surface area contributed by atoms with Crippen molar-refractivity contribution in [3.05, 3.63) is 53.6 Å². The smallest absolute Gasteiger partial charge is 0.255 e. The van der Waals surface area contributed by atoms with Crippen molar-refractivity contribution in [3.63, 3.8) is 0 Å². The number of rotatable bonds is 7. The van der Waals surface area contributed by atoms with Gasteiger partial charge in [-0.15, -0.1) is 0 Å². The molecule has 6 heteroatoms. The normalized spacial score (nSPS) is 15.7. The topological polar surface area (TPSA) is 67.2 Å². The second kappa shape index (κ2) is 7.72. The van der Waals surface area contributed by atoms with Gasteiger partial charge < -0.3 is 14.8 Å². The number of carbonyl (C=O) groups excluding carboxylic acids is 2. The maximum absolute atomic E-state index is 12.9. The summed E-state index contributed by atoms with van der Waals surface area (Å²) in [7, 11) is 0. The Bertz CT molecular complexity index is 799. The molecule has 0 fully saturated rings. The molecule has 138 valence electrons. The number of hydrogen-bond donors (Lipinski definition) is 1. The van der Waals surface area contributed by atoms with Crippen LogP contribution in [0.3, 0.4) is 0 Å². The highest BCUT2D eigenvalue weighted by atomic mass is 16.2. The van der Waals surface area contributed by atoms with Crippen molar-refractivity contribution >= 4 is 11.8 Å². The van der Waals surface area contributed by atoms with Gasteiger partial charge in [-0.2, -0.15) is 0 Å². The summed E-state index contributed by atoms with van der Waals surface area (Å²) in [5.41, 5.74) is 1.70. The highest BCUT2D eigenvalue weighted by molar-refractivity contribution is 6.01. The van der Waals surface area contributed by atoms with Crippen molar-refractivity contribution in [1.29, 1.82) is 0 Å². The van der Waals surface area contributed by atoms with E-state index in [9.17, 15) is 9.59 Å². The molecule has 1 aliphatic rings. The van der Waals surface area contributed by atoms with Crippen LogP contribution in [0.1, 0.15) is 42.0 Å². The zero-order valence-electron chi connectivity index (χ0n) is 15.6. The number of hydrogen-bond acceptors (Lipinski definition) is 3. The van der Waals surface area contributed by atoms with Gasteiger partial charge in [0.15, 0.2) is 0 Å². The zero-order valence-corrected chi connectivity index (χ0v) is 15.6. The van der Waals surface area contributed by atoms with Crippen molar-refractivity contribution in [1.82, 2.24) is 19.8 Å². The number of carbonyl (C=O) groups is 2. The van der Waals surface area contributed by atoms with Crippen LogP contribution < -0.4 is 5.32 Å². The van der Waals surface area contributed by atoms with E-state index >= 15 is 0 Å². The SMILES string of the molecule is CC[C@H](C)[C@H](C(=O)NCCn1ccnc1C)N1Cc2ccccc2C1=O. The lowest BCUT2D eigenvalue weighted by Crippen LogP contribution is -2.51. The molecule has 0 saturated heterocycles. The Morgan fingerprint density at radius 2 is 2.12 bits per heavy atom. The van der Waals surface area contributed by atoms with Gasteiger partial charge >= 0.3 is 0 Å². The van der Waals surface area contributed by atoms with Crippen molar-refractivity contribution in [2.75, 3.05) is 6.54 Å². The van der Waals surface area contributed by atoms with Crippen LogP contribution in [-0.2, 0) is 17.9 Å². The quantitative estimate of drug-likeness (QED) is 0.830. The molecule has 0 saturated carbocycles. The van der Waals surface area contributed by atoms with E-state index in [2.05, 4.69) is 10.3 Å². The Hall–Kier alpha value is -2.63. The van der Waals surface area contributed by atoms with Crippen molar-refractivity contribution in [2.45, 2.75) is 46.3 Å². The molecule has 2 heterocycles. The van der Waals surface area contributed by atoms with Crippen LogP contribution in [0.15, 0.2) is 36.7 Å². The third-order valence-corrected chi connectivity index (χ3v) is 5.21. The van der Waals surface area contributed by atoms with Gasteiger partial charge in [-0.05, 0) is 24.5 Å². The highest BCUT2D eigenvalue weighted by Crippen LogP contribution is 2.28. The number of aryl methyl sites for hydroxylation is 1. The zero-order chi connectivity index (χ0) is 18.7. The fourth-order valence-corrected chi connectivity index (χ4v) is 3.48. The van der Waals surface area contributed by atoms with Crippen LogP contribution in [0.4, 0.5) is 0 Å². The summed E-state index contributed by atoms with van der Waals surface area (Å²) in [5.74, 6) is 0.871. The Morgan fingerprint density at radius 1 is 1.35 bits per heavy atom. The molecule has 1 N–H and O–H groups in total. The van der Waals surface area contributed by atoms with Crippen LogP contribution in [0.2, 0.25) is 0 Å². The van der Waals surface area contributed by atoms with Crippen LogP contribution in [0.5, 0.6) is 0 Å². The summed E-state index contributed by atoms with van der Waals surface area (Å²) >= 11 is 0. The summed E-state index contributed by atoms with van der Waals surface area (Å²) in [6, 6.07) is 7.14. The summed E-state index contributed by atoms with van der Waals surface area (Å²) < 4.78 is 2.00. The minimum atomic E-state index is -0.455. The van der Waals surface area contributed by atoms with Gasteiger partial charge in [0.25, 0.3) is 5.91 Å². The van der Waals surface area contributed by atoms with E-state index in [1.165, 1.54) is 0 Å². The van der Waals surface area contributed by atoms with E-state index in [1.54, 1.807) is 11.1 Å². The Morgan fingerprint density at radius 3 is 2.77 bits per heavy atom. The number of nitrogens with zero attached hydrogens (tertiary/aromatic N) is 3. The number of amides is 2. The molecule has 2 aromatic rings.